The molecule has 0 atom stereocenters. The van der Waals surface area contributed by atoms with Crippen molar-refractivity contribution in [3.63, 3.8) is 0 Å². The van der Waals surface area contributed by atoms with Gasteiger partial charge in [-0.1, -0.05) is 12.1 Å². The summed E-state index contributed by atoms with van der Waals surface area (Å²) in [5.41, 5.74) is 1.18. The van der Waals surface area contributed by atoms with E-state index in [-0.39, 0.29) is 18.6 Å². The van der Waals surface area contributed by atoms with Gasteiger partial charge in [0.2, 0.25) is 0 Å². The van der Waals surface area contributed by atoms with Crippen LogP contribution in [0.15, 0.2) is 24.3 Å². The molecule has 3 nitrogen and oxygen atoms in total. The van der Waals surface area contributed by atoms with Crippen molar-refractivity contribution in [3.8, 4) is 0 Å². The number of ether oxygens (including phenoxy) is 1. The minimum atomic E-state index is -4.32. The van der Waals surface area contributed by atoms with Crippen LogP contribution in [0.2, 0.25) is 0 Å². The quantitative estimate of drug-likeness (QED) is 0.842. The second kappa shape index (κ2) is 6.87. The van der Waals surface area contributed by atoms with E-state index in [0.717, 1.165) is 11.8 Å². The smallest absolute Gasteiger partial charge is 0.367 e. The van der Waals surface area contributed by atoms with Crippen molar-refractivity contribution in [2.24, 2.45) is 23.7 Å². The van der Waals surface area contributed by atoms with Crippen molar-refractivity contribution in [2.45, 2.75) is 50.9 Å². The molecule has 0 aromatic heterocycles. The number of carbonyl (C=O) groups excluding carboxylic acids is 1. The lowest BCUT2D eigenvalue weighted by Gasteiger charge is -2.54. The highest BCUT2D eigenvalue weighted by Crippen LogP contribution is 2.53. The summed E-state index contributed by atoms with van der Waals surface area (Å²) in [6.45, 7) is -1.38. The van der Waals surface area contributed by atoms with Gasteiger partial charge in [-0.15, -0.1) is 0 Å². The highest BCUT2D eigenvalue weighted by Gasteiger charge is 2.48. The van der Waals surface area contributed by atoms with Crippen molar-refractivity contribution in [3.05, 3.63) is 35.4 Å². The van der Waals surface area contributed by atoms with E-state index in [2.05, 4.69) is 10.1 Å². The summed E-state index contributed by atoms with van der Waals surface area (Å²) in [5.74, 6) is 2.88. The van der Waals surface area contributed by atoms with Crippen LogP contribution in [0.3, 0.4) is 0 Å². The summed E-state index contributed by atoms with van der Waals surface area (Å²) in [4.78, 5) is 12.6. The molecular weight excluding hydrogens is 343 g/mol. The van der Waals surface area contributed by atoms with E-state index >= 15 is 0 Å². The summed E-state index contributed by atoms with van der Waals surface area (Å²) in [5, 5.41) is 3.24. The van der Waals surface area contributed by atoms with Crippen LogP contribution in [0.5, 0.6) is 0 Å². The Hall–Kier alpha value is -1.56. The summed E-state index contributed by atoms with van der Waals surface area (Å²) in [7, 11) is 0. The third-order valence-electron chi connectivity index (χ3n) is 6.28. The zero-order chi connectivity index (χ0) is 18.3. The molecule has 4 aliphatic carbocycles. The van der Waals surface area contributed by atoms with Crippen LogP contribution in [0.25, 0.3) is 0 Å². The van der Waals surface area contributed by atoms with Crippen LogP contribution >= 0.6 is 0 Å². The van der Waals surface area contributed by atoms with Gasteiger partial charge in [0.1, 0.15) is 6.61 Å². The molecule has 1 N–H and O–H groups in total. The Morgan fingerprint density at radius 2 is 1.58 bits per heavy atom. The Kier molecular flexibility index (Phi) is 4.71. The van der Waals surface area contributed by atoms with E-state index in [1.54, 1.807) is 24.3 Å². The lowest BCUT2D eigenvalue weighted by Crippen LogP contribution is -2.55. The third-order valence-corrected chi connectivity index (χ3v) is 6.28. The molecule has 26 heavy (non-hydrogen) atoms. The fourth-order valence-electron chi connectivity index (χ4n) is 5.43. The molecule has 0 saturated heterocycles. The topological polar surface area (TPSA) is 38.3 Å². The van der Waals surface area contributed by atoms with Gasteiger partial charge in [0, 0.05) is 11.6 Å². The number of benzene rings is 1. The lowest BCUT2D eigenvalue weighted by atomic mass is 9.54. The summed E-state index contributed by atoms with van der Waals surface area (Å²) < 4.78 is 40.9. The predicted octanol–water partition coefficient (Wildman–Crippen LogP) is 4.32. The monoisotopic (exact) mass is 367 g/mol. The minimum absolute atomic E-state index is 0.0785. The molecule has 1 aromatic carbocycles. The second-order valence-electron chi connectivity index (χ2n) is 8.23. The summed E-state index contributed by atoms with van der Waals surface area (Å²) in [6, 6.07) is 6.92. The van der Waals surface area contributed by atoms with Gasteiger partial charge in [0.15, 0.2) is 0 Å². The summed E-state index contributed by atoms with van der Waals surface area (Å²) >= 11 is 0. The van der Waals surface area contributed by atoms with Crippen molar-refractivity contribution in [1.82, 2.24) is 5.32 Å². The SMILES string of the molecule is O=C(NC1C2CC3CC(C2)CC1C3)c1ccc(COCC(F)(F)F)cc1. The van der Waals surface area contributed by atoms with Crippen LogP contribution in [-0.4, -0.2) is 24.7 Å². The molecule has 142 valence electrons. The molecule has 0 spiro atoms. The normalized spacial score (nSPS) is 32.7. The molecule has 1 aromatic rings. The first-order chi connectivity index (χ1) is 12.4. The van der Waals surface area contributed by atoms with Crippen molar-refractivity contribution >= 4 is 5.91 Å². The highest BCUT2D eigenvalue weighted by molar-refractivity contribution is 5.94. The predicted molar refractivity (Wildman–Crippen MR) is 90.5 cm³/mol. The number of halogens is 3. The average Bonchev–Trinajstić information content (AvgIpc) is 2.57. The number of hydrogen-bond acceptors (Lipinski definition) is 2. The van der Waals surface area contributed by atoms with Gasteiger partial charge in [-0.25, -0.2) is 0 Å². The zero-order valence-electron chi connectivity index (χ0n) is 14.6. The minimum Gasteiger partial charge on any atom is -0.367 e. The molecular formula is C20H24F3NO2. The van der Waals surface area contributed by atoms with Gasteiger partial charge < -0.3 is 10.1 Å². The maximum absolute atomic E-state index is 12.6. The van der Waals surface area contributed by atoms with E-state index in [9.17, 15) is 18.0 Å². The van der Waals surface area contributed by atoms with E-state index in [4.69, 9.17) is 0 Å². The fourth-order valence-corrected chi connectivity index (χ4v) is 5.43. The molecule has 4 saturated carbocycles. The van der Waals surface area contributed by atoms with Gasteiger partial charge >= 0.3 is 6.18 Å². The number of amides is 1. The van der Waals surface area contributed by atoms with E-state index in [1.807, 2.05) is 0 Å². The Morgan fingerprint density at radius 1 is 1.00 bits per heavy atom. The molecule has 0 unspecified atom stereocenters. The van der Waals surface area contributed by atoms with Crippen LogP contribution in [0.4, 0.5) is 13.2 Å². The maximum Gasteiger partial charge on any atom is 0.411 e. The molecule has 0 radical (unpaired) electrons. The second-order valence-corrected chi connectivity index (χ2v) is 8.23. The summed E-state index contributed by atoms with van der Waals surface area (Å²) in [6.07, 6.45) is 2.03. The van der Waals surface area contributed by atoms with Gasteiger partial charge in [-0.3, -0.25) is 4.79 Å². The Morgan fingerprint density at radius 3 is 2.12 bits per heavy atom. The van der Waals surface area contributed by atoms with Crippen molar-refractivity contribution < 1.29 is 22.7 Å². The molecule has 0 heterocycles. The first-order valence-corrected chi connectivity index (χ1v) is 9.41. The maximum atomic E-state index is 12.6. The molecule has 1 amide bonds. The number of nitrogens with one attached hydrogen (secondary N) is 1. The van der Waals surface area contributed by atoms with Crippen LogP contribution < -0.4 is 5.32 Å². The van der Waals surface area contributed by atoms with Crippen LogP contribution in [0, 0.1) is 23.7 Å². The molecule has 4 fully saturated rings. The molecule has 4 bridgehead atoms. The molecule has 5 rings (SSSR count). The van der Waals surface area contributed by atoms with Crippen LogP contribution in [0.1, 0.15) is 48.0 Å². The highest BCUT2D eigenvalue weighted by atomic mass is 19.4. The standard InChI is InChI=1S/C20H24F3NO2/c21-20(22,23)11-26-10-12-1-3-15(4-2-12)19(25)24-18-16-6-13-5-14(8-16)9-17(18)7-13/h1-4,13-14,16-18H,5-11H2,(H,24,25). The van der Waals surface area contributed by atoms with E-state index < -0.39 is 12.8 Å². The van der Waals surface area contributed by atoms with Gasteiger partial charge in [-0.05, 0) is 73.5 Å². The molecule has 0 aliphatic heterocycles. The Bertz CT molecular complexity index is 628. The van der Waals surface area contributed by atoms with Gasteiger partial charge in [-0.2, -0.15) is 13.2 Å². The number of rotatable bonds is 5. The van der Waals surface area contributed by atoms with E-state index in [1.165, 1.54) is 32.1 Å². The van der Waals surface area contributed by atoms with Crippen molar-refractivity contribution in [2.75, 3.05) is 6.61 Å². The fraction of sp³-hybridized carbons (Fsp3) is 0.650. The van der Waals surface area contributed by atoms with Crippen LogP contribution in [-0.2, 0) is 11.3 Å². The number of carbonyl (C=O) groups is 1. The lowest BCUT2D eigenvalue weighted by molar-refractivity contribution is -0.176. The van der Waals surface area contributed by atoms with Gasteiger partial charge in [0.05, 0.1) is 6.61 Å². The van der Waals surface area contributed by atoms with Gasteiger partial charge in [0.25, 0.3) is 5.91 Å². The Labute approximate surface area is 151 Å². The largest absolute Gasteiger partial charge is 0.411 e. The first-order valence-electron chi connectivity index (χ1n) is 9.41. The molecule has 4 aliphatic rings. The Balaban J connectivity index is 1.32. The average molecular weight is 367 g/mol. The number of hydrogen-bond donors (Lipinski definition) is 1. The first kappa shape index (κ1) is 17.8. The number of alkyl halides is 3. The third kappa shape index (κ3) is 3.90. The molecule has 6 heteroatoms. The zero-order valence-corrected chi connectivity index (χ0v) is 14.6. The van der Waals surface area contributed by atoms with E-state index in [0.29, 0.717) is 23.0 Å². The van der Waals surface area contributed by atoms with Crippen molar-refractivity contribution in [1.29, 1.82) is 0 Å².